The van der Waals surface area contributed by atoms with Crippen molar-refractivity contribution in [3.63, 3.8) is 0 Å². The lowest BCUT2D eigenvalue weighted by Gasteiger charge is -2.18. The van der Waals surface area contributed by atoms with Gasteiger partial charge in [-0.2, -0.15) is 11.8 Å². The molecule has 3 unspecified atom stereocenters. The minimum Gasteiger partial charge on any atom is -0.357 e. The fourth-order valence-electron chi connectivity index (χ4n) is 3.60. The Morgan fingerprint density at radius 2 is 2.14 bits per heavy atom. The van der Waals surface area contributed by atoms with E-state index in [0.29, 0.717) is 6.04 Å². The minimum absolute atomic E-state index is 0.607. The van der Waals surface area contributed by atoms with Gasteiger partial charge >= 0.3 is 0 Å². The van der Waals surface area contributed by atoms with E-state index in [1.165, 1.54) is 51.7 Å². The standard InChI is InChI=1S/C17H34N4S/c1-4-9-21-10-8-14(13-21)12-19-17(18-5-2)20-15-6-7-16(11-15)22-3/h14-16H,4-13H2,1-3H3,(H2,18,19,20). The number of nitrogens with one attached hydrogen (secondary N) is 2. The summed E-state index contributed by atoms with van der Waals surface area (Å²) in [5.41, 5.74) is 0. The average molecular weight is 327 g/mol. The largest absolute Gasteiger partial charge is 0.357 e. The van der Waals surface area contributed by atoms with Gasteiger partial charge in [0.05, 0.1) is 0 Å². The third-order valence-corrected chi connectivity index (χ3v) is 5.92. The predicted molar refractivity (Wildman–Crippen MR) is 98.9 cm³/mol. The molecule has 0 bridgehead atoms. The molecule has 128 valence electrons. The molecular formula is C17H34N4S. The van der Waals surface area contributed by atoms with E-state index in [1.807, 2.05) is 11.8 Å². The number of nitrogens with zero attached hydrogens (tertiary/aromatic N) is 2. The van der Waals surface area contributed by atoms with Gasteiger partial charge in [-0.3, -0.25) is 4.99 Å². The Morgan fingerprint density at radius 3 is 2.82 bits per heavy atom. The molecule has 4 nitrogen and oxygen atoms in total. The van der Waals surface area contributed by atoms with Gasteiger partial charge in [0, 0.05) is 30.9 Å². The first-order valence-corrected chi connectivity index (χ1v) is 10.3. The highest BCUT2D eigenvalue weighted by Gasteiger charge is 2.25. The molecule has 0 spiro atoms. The first kappa shape index (κ1) is 17.9. The van der Waals surface area contributed by atoms with Crippen molar-refractivity contribution in [2.45, 2.75) is 57.2 Å². The second-order valence-electron chi connectivity index (χ2n) is 6.69. The lowest BCUT2D eigenvalue weighted by molar-refractivity contribution is 0.326. The van der Waals surface area contributed by atoms with Crippen molar-refractivity contribution >= 4 is 17.7 Å². The molecule has 2 rings (SSSR count). The van der Waals surface area contributed by atoms with Crippen LogP contribution in [0.3, 0.4) is 0 Å². The highest BCUT2D eigenvalue weighted by atomic mass is 32.2. The summed E-state index contributed by atoms with van der Waals surface area (Å²) in [5.74, 6) is 1.77. The van der Waals surface area contributed by atoms with Crippen molar-refractivity contribution in [2.24, 2.45) is 10.9 Å². The molecule has 1 aliphatic carbocycles. The summed E-state index contributed by atoms with van der Waals surface area (Å²) >= 11 is 2.01. The van der Waals surface area contributed by atoms with E-state index >= 15 is 0 Å². The molecule has 1 aliphatic heterocycles. The Morgan fingerprint density at radius 1 is 1.27 bits per heavy atom. The SMILES string of the molecule is CCCN1CCC(CN=C(NCC)NC2CCC(SC)C2)C1. The molecule has 2 N–H and O–H groups in total. The molecule has 0 amide bonds. The second kappa shape index (κ2) is 9.66. The Labute approximate surface area is 140 Å². The highest BCUT2D eigenvalue weighted by Crippen LogP contribution is 2.28. The Kier molecular flexibility index (Phi) is 7.87. The van der Waals surface area contributed by atoms with Crippen LogP contribution in [0.4, 0.5) is 0 Å². The number of guanidine groups is 1. The van der Waals surface area contributed by atoms with Crippen LogP contribution in [-0.4, -0.2) is 61.1 Å². The molecular weight excluding hydrogens is 292 g/mol. The van der Waals surface area contributed by atoms with Crippen LogP contribution in [0.25, 0.3) is 0 Å². The number of thioether (sulfide) groups is 1. The summed E-state index contributed by atoms with van der Waals surface area (Å²) in [6.45, 7) is 10.1. The molecule has 1 saturated heterocycles. The zero-order chi connectivity index (χ0) is 15.8. The van der Waals surface area contributed by atoms with Gasteiger partial charge in [0.25, 0.3) is 0 Å². The van der Waals surface area contributed by atoms with Crippen LogP contribution in [0.15, 0.2) is 4.99 Å². The minimum atomic E-state index is 0.607. The van der Waals surface area contributed by atoms with E-state index in [1.54, 1.807) is 0 Å². The van der Waals surface area contributed by atoms with Crippen LogP contribution in [0.5, 0.6) is 0 Å². The lowest BCUT2D eigenvalue weighted by Crippen LogP contribution is -2.43. The number of aliphatic imine (C=N–C) groups is 1. The summed E-state index contributed by atoms with van der Waals surface area (Å²) in [6.07, 6.45) is 8.70. The molecule has 3 atom stereocenters. The molecule has 0 radical (unpaired) electrons. The predicted octanol–water partition coefficient (Wildman–Crippen LogP) is 2.56. The number of hydrogen-bond acceptors (Lipinski definition) is 3. The van der Waals surface area contributed by atoms with E-state index in [4.69, 9.17) is 4.99 Å². The van der Waals surface area contributed by atoms with Gasteiger partial charge in [0.1, 0.15) is 0 Å². The maximum absolute atomic E-state index is 4.87. The van der Waals surface area contributed by atoms with Crippen molar-refractivity contribution in [2.75, 3.05) is 39.0 Å². The third-order valence-electron chi connectivity index (χ3n) is 4.82. The molecule has 2 fully saturated rings. The van der Waals surface area contributed by atoms with E-state index in [9.17, 15) is 0 Å². The topological polar surface area (TPSA) is 39.7 Å². The fourth-order valence-corrected chi connectivity index (χ4v) is 4.40. The molecule has 5 heteroatoms. The summed E-state index contributed by atoms with van der Waals surface area (Å²) in [6, 6.07) is 0.607. The zero-order valence-electron chi connectivity index (χ0n) is 14.6. The molecule has 0 aromatic carbocycles. The van der Waals surface area contributed by atoms with Crippen LogP contribution in [0.1, 0.15) is 46.0 Å². The van der Waals surface area contributed by atoms with E-state index in [0.717, 1.165) is 30.2 Å². The molecule has 1 saturated carbocycles. The van der Waals surface area contributed by atoms with Crippen LogP contribution in [-0.2, 0) is 0 Å². The molecule has 22 heavy (non-hydrogen) atoms. The van der Waals surface area contributed by atoms with Gasteiger partial charge in [-0.25, -0.2) is 0 Å². The van der Waals surface area contributed by atoms with Gasteiger partial charge in [-0.15, -0.1) is 0 Å². The monoisotopic (exact) mass is 326 g/mol. The maximum atomic E-state index is 4.87. The quantitative estimate of drug-likeness (QED) is 0.557. The average Bonchev–Trinajstić information content (AvgIpc) is 3.14. The second-order valence-corrected chi connectivity index (χ2v) is 7.83. The van der Waals surface area contributed by atoms with Gasteiger partial charge < -0.3 is 15.5 Å². The van der Waals surface area contributed by atoms with Crippen molar-refractivity contribution < 1.29 is 0 Å². The summed E-state index contributed by atoms with van der Waals surface area (Å²) in [5, 5.41) is 7.91. The fraction of sp³-hybridized carbons (Fsp3) is 0.941. The van der Waals surface area contributed by atoms with Crippen LogP contribution >= 0.6 is 11.8 Å². The summed E-state index contributed by atoms with van der Waals surface area (Å²) < 4.78 is 0. The van der Waals surface area contributed by atoms with Crippen LogP contribution in [0.2, 0.25) is 0 Å². The third kappa shape index (κ3) is 5.65. The Hall–Kier alpha value is -0.420. The first-order valence-electron chi connectivity index (χ1n) is 9.05. The number of likely N-dealkylation sites (tertiary alicyclic amines) is 1. The summed E-state index contributed by atoms with van der Waals surface area (Å²) in [4.78, 5) is 7.45. The van der Waals surface area contributed by atoms with Gasteiger partial charge in [0.15, 0.2) is 5.96 Å². The van der Waals surface area contributed by atoms with Crippen LogP contribution in [0, 0.1) is 5.92 Å². The number of rotatable bonds is 7. The van der Waals surface area contributed by atoms with E-state index < -0.39 is 0 Å². The first-order chi connectivity index (χ1) is 10.7. The van der Waals surface area contributed by atoms with Gasteiger partial charge in [-0.05, 0) is 64.3 Å². The van der Waals surface area contributed by atoms with Crippen molar-refractivity contribution in [3.05, 3.63) is 0 Å². The molecule has 0 aromatic rings. The normalized spacial score (nSPS) is 30.0. The zero-order valence-corrected chi connectivity index (χ0v) is 15.4. The lowest BCUT2D eigenvalue weighted by atomic mass is 10.1. The van der Waals surface area contributed by atoms with Gasteiger partial charge in [0.2, 0.25) is 0 Å². The Balaban J connectivity index is 1.77. The van der Waals surface area contributed by atoms with Crippen LogP contribution < -0.4 is 10.6 Å². The Bertz CT molecular complexity index is 348. The smallest absolute Gasteiger partial charge is 0.191 e. The summed E-state index contributed by atoms with van der Waals surface area (Å²) in [7, 11) is 0. The highest BCUT2D eigenvalue weighted by molar-refractivity contribution is 7.99. The molecule has 0 aromatic heterocycles. The van der Waals surface area contributed by atoms with Gasteiger partial charge in [-0.1, -0.05) is 6.92 Å². The van der Waals surface area contributed by atoms with Crippen molar-refractivity contribution in [3.8, 4) is 0 Å². The van der Waals surface area contributed by atoms with E-state index in [2.05, 4.69) is 35.6 Å². The maximum Gasteiger partial charge on any atom is 0.191 e. The number of hydrogen-bond donors (Lipinski definition) is 2. The van der Waals surface area contributed by atoms with E-state index in [-0.39, 0.29) is 0 Å². The molecule has 2 aliphatic rings. The molecule has 1 heterocycles. The van der Waals surface area contributed by atoms with Crippen molar-refractivity contribution in [1.29, 1.82) is 0 Å². The van der Waals surface area contributed by atoms with Crippen molar-refractivity contribution in [1.82, 2.24) is 15.5 Å².